The van der Waals surface area contributed by atoms with Gasteiger partial charge < -0.3 is 47.6 Å². The molecule has 0 unspecified atom stereocenters. The number of carbonyl (C=O) groups excluding carboxylic acids is 4. The molecule has 0 spiro atoms. The van der Waals surface area contributed by atoms with Gasteiger partial charge in [-0.05, 0) is 61.2 Å². The number of hydrogen-bond acceptors (Lipinski definition) is 11. The first-order valence-electron chi connectivity index (χ1n) is 16.0. The predicted octanol–water partition coefficient (Wildman–Crippen LogP) is -0.707. The number of hydrogen-bond donors (Lipinski definition) is 9. The molecule has 0 saturated carbocycles. The molecule has 0 saturated heterocycles. The summed E-state index contributed by atoms with van der Waals surface area (Å²) in [5.41, 5.74) is 12.1. The van der Waals surface area contributed by atoms with Gasteiger partial charge in [0.25, 0.3) is 11.5 Å². The first-order chi connectivity index (χ1) is 25.1. The number of carboxylic acid groups (broad SMARTS) is 3. The first kappa shape index (κ1) is 40.5. The summed E-state index contributed by atoms with van der Waals surface area (Å²) in [6, 6.07) is 6.63. The molecule has 0 bridgehead atoms. The van der Waals surface area contributed by atoms with Gasteiger partial charge in [0, 0.05) is 37.1 Å². The Labute approximate surface area is 301 Å². The second kappa shape index (κ2) is 18.9. The number of anilines is 2. The monoisotopic (exact) mass is 734 g/mol. The topological polar surface area (TPSA) is 317 Å². The number of nitrogens with two attached hydrogens (primary N) is 2. The molecule has 3 atom stereocenters. The van der Waals surface area contributed by atoms with Crippen molar-refractivity contribution in [3.63, 3.8) is 0 Å². The third-order valence-corrected chi connectivity index (χ3v) is 7.81. The number of benzene rings is 2. The van der Waals surface area contributed by atoms with Crippen LogP contribution in [0.2, 0.25) is 0 Å². The number of terminal acetylenes is 1. The van der Waals surface area contributed by atoms with Crippen molar-refractivity contribution in [2.45, 2.75) is 63.2 Å². The van der Waals surface area contributed by atoms with Gasteiger partial charge in [0.1, 0.15) is 18.1 Å². The molecular weight excluding hydrogens is 696 g/mol. The fourth-order valence-electron chi connectivity index (χ4n) is 5.08. The number of nitrogens with zero attached hydrogens (tertiary/aromatic N) is 2. The van der Waals surface area contributed by atoms with Crippen molar-refractivity contribution in [1.29, 1.82) is 0 Å². The molecule has 1 heterocycles. The Kier molecular flexibility index (Phi) is 14.4. The van der Waals surface area contributed by atoms with E-state index >= 15 is 0 Å². The lowest BCUT2D eigenvalue weighted by molar-refractivity contribution is -0.143. The Morgan fingerprint density at radius 2 is 1.34 bits per heavy atom. The number of aromatic amines is 1. The van der Waals surface area contributed by atoms with Gasteiger partial charge in [-0.3, -0.25) is 29.0 Å². The van der Waals surface area contributed by atoms with Crippen LogP contribution in [-0.4, -0.2) is 91.5 Å². The van der Waals surface area contributed by atoms with Crippen LogP contribution in [0, 0.1) is 12.3 Å². The summed E-state index contributed by atoms with van der Waals surface area (Å²) < 4.78 is 0. The summed E-state index contributed by atoms with van der Waals surface area (Å²) in [7, 11) is 0. The number of aromatic nitrogens is 2. The van der Waals surface area contributed by atoms with Gasteiger partial charge in [0.2, 0.25) is 23.7 Å². The molecule has 0 aliphatic carbocycles. The number of nitrogen functional groups attached to an aromatic ring is 1. The van der Waals surface area contributed by atoms with Crippen LogP contribution in [0.1, 0.15) is 54.4 Å². The van der Waals surface area contributed by atoms with Gasteiger partial charge in [0.05, 0.1) is 17.4 Å². The smallest absolute Gasteiger partial charge is 0.326 e. The van der Waals surface area contributed by atoms with E-state index in [-0.39, 0.29) is 37.4 Å². The maximum atomic E-state index is 12.9. The van der Waals surface area contributed by atoms with Crippen molar-refractivity contribution < 1.29 is 48.9 Å². The normalized spacial score (nSPS) is 12.4. The second-order valence-corrected chi connectivity index (χ2v) is 11.8. The van der Waals surface area contributed by atoms with Crippen molar-refractivity contribution in [3.8, 4) is 12.3 Å². The predicted molar refractivity (Wildman–Crippen MR) is 188 cm³/mol. The van der Waals surface area contributed by atoms with Crippen molar-refractivity contribution in [2.75, 3.05) is 17.2 Å². The van der Waals surface area contributed by atoms with Crippen molar-refractivity contribution in [3.05, 3.63) is 63.9 Å². The summed E-state index contributed by atoms with van der Waals surface area (Å²) in [5, 5.41) is 35.4. The maximum Gasteiger partial charge on any atom is 0.326 e. The summed E-state index contributed by atoms with van der Waals surface area (Å²) in [5.74, 6) is -5.10. The number of carboxylic acids is 3. The van der Waals surface area contributed by atoms with Gasteiger partial charge in [0.15, 0.2) is 0 Å². The van der Waals surface area contributed by atoms with Crippen molar-refractivity contribution in [2.24, 2.45) is 5.73 Å². The van der Waals surface area contributed by atoms with E-state index in [0.717, 1.165) is 5.56 Å². The molecule has 3 aromatic rings. The highest BCUT2D eigenvalue weighted by molar-refractivity contribution is 5.97. The number of aliphatic carboxylic acids is 3. The lowest BCUT2D eigenvalue weighted by Crippen LogP contribution is -2.45. The molecule has 4 amide bonds. The van der Waals surface area contributed by atoms with Crippen molar-refractivity contribution >= 4 is 64.1 Å². The van der Waals surface area contributed by atoms with Gasteiger partial charge in [-0.1, -0.05) is 12.0 Å². The third-order valence-electron chi connectivity index (χ3n) is 7.81. The van der Waals surface area contributed by atoms with Gasteiger partial charge >= 0.3 is 17.9 Å². The first-order valence-corrected chi connectivity index (χ1v) is 16.0. The number of H-pyrrole nitrogens is 1. The molecule has 53 heavy (non-hydrogen) atoms. The SMILES string of the molecule is C#CCN(Cc1ccc2nc(N)[nH]c(=O)c2c1)c1ccc(C(=O)N[C@@H](CCC(=O)N[C@@H](CCC(=O)N[C@@H](CCC(N)=O)C(=O)O)C(=O)O)C(=O)O)cc1. The number of nitrogens with one attached hydrogen (secondary N) is 4. The van der Waals surface area contributed by atoms with Crippen LogP contribution in [-0.2, 0) is 35.3 Å². The summed E-state index contributed by atoms with van der Waals surface area (Å²) >= 11 is 0. The molecule has 19 heteroatoms. The van der Waals surface area contributed by atoms with Crippen LogP contribution in [0.25, 0.3) is 10.9 Å². The number of fused-ring (bicyclic) bond motifs is 1. The Morgan fingerprint density at radius 1 is 0.811 bits per heavy atom. The van der Waals surface area contributed by atoms with E-state index in [1.54, 1.807) is 35.2 Å². The van der Waals surface area contributed by atoms with E-state index in [1.807, 2.05) is 0 Å². The minimum atomic E-state index is -1.58. The average molecular weight is 735 g/mol. The third kappa shape index (κ3) is 12.4. The van der Waals surface area contributed by atoms with Crippen LogP contribution >= 0.6 is 0 Å². The number of amides is 4. The van der Waals surface area contributed by atoms with Crippen LogP contribution < -0.4 is 37.9 Å². The number of primary amides is 1. The molecule has 3 rings (SSSR count). The summed E-state index contributed by atoms with van der Waals surface area (Å²) in [4.78, 5) is 104. The van der Waals surface area contributed by atoms with E-state index in [2.05, 4.69) is 31.8 Å². The van der Waals surface area contributed by atoms with Gasteiger partial charge in [-0.2, -0.15) is 0 Å². The molecule has 280 valence electrons. The quantitative estimate of drug-likeness (QED) is 0.0648. The molecule has 1 aromatic heterocycles. The Hall–Kier alpha value is -6.97. The zero-order chi connectivity index (χ0) is 39.2. The lowest BCUT2D eigenvalue weighted by Gasteiger charge is -2.23. The molecule has 2 aromatic carbocycles. The van der Waals surface area contributed by atoms with Gasteiger partial charge in [-0.25, -0.2) is 19.4 Å². The standard InChI is InChI=1S/C34H38N8O11/c1-2-15-42(17-18-3-8-22-21(16-18)30(47)41-34(36)40-22)20-6-4-19(5-7-20)29(46)39-25(33(52)53)11-14-28(45)38-24(32(50)51)10-13-27(44)37-23(31(48)49)9-12-26(35)43/h1,3-8,16,23-25H,9-15,17H2,(H2,35,43)(H,37,44)(H,38,45)(H,39,46)(H,48,49)(H,50,51)(H,52,53)(H3,36,40,41,47)/t23-,24-,25-/m0/s1. The van der Waals surface area contributed by atoms with Crippen LogP contribution in [0.4, 0.5) is 11.6 Å². The number of rotatable bonds is 20. The molecular formula is C34H38N8O11. The van der Waals surface area contributed by atoms with Crippen molar-refractivity contribution in [1.82, 2.24) is 25.9 Å². The minimum Gasteiger partial charge on any atom is -0.480 e. The molecule has 0 radical (unpaired) electrons. The molecule has 0 fully saturated rings. The lowest BCUT2D eigenvalue weighted by atomic mass is 10.1. The highest BCUT2D eigenvalue weighted by atomic mass is 16.4. The van der Waals surface area contributed by atoms with E-state index < -0.39 is 90.9 Å². The second-order valence-electron chi connectivity index (χ2n) is 11.8. The average Bonchev–Trinajstić information content (AvgIpc) is 3.09. The van der Waals surface area contributed by atoms with E-state index in [1.165, 1.54) is 12.1 Å². The largest absolute Gasteiger partial charge is 0.480 e. The van der Waals surface area contributed by atoms with Crippen LogP contribution in [0.5, 0.6) is 0 Å². The molecule has 11 N–H and O–H groups in total. The summed E-state index contributed by atoms with van der Waals surface area (Å²) in [6.07, 6.45) is 3.14. The van der Waals surface area contributed by atoms with E-state index in [0.29, 0.717) is 16.6 Å². The zero-order valence-corrected chi connectivity index (χ0v) is 28.2. The molecule has 0 aliphatic heterocycles. The Bertz CT molecular complexity index is 1970. The Morgan fingerprint density at radius 3 is 1.85 bits per heavy atom. The fourth-order valence-corrected chi connectivity index (χ4v) is 5.08. The zero-order valence-electron chi connectivity index (χ0n) is 28.2. The molecule has 19 nitrogen and oxygen atoms in total. The van der Waals surface area contributed by atoms with E-state index in [9.17, 15) is 53.7 Å². The highest BCUT2D eigenvalue weighted by Crippen LogP contribution is 2.20. The minimum absolute atomic E-state index is 0.00848. The highest BCUT2D eigenvalue weighted by Gasteiger charge is 2.26. The van der Waals surface area contributed by atoms with Gasteiger partial charge in [-0.15, -0.1) is 6.42 Å². The molecule has 0 aliphatic rings. The maximum absolute atomic E-state index is 12.9. The van der Waals surface area contributed by atoms with Crippen LogP contribution in [0.3, 0.4) is 0 Å². The summed E-state index contributed by atoms with van der Waals surface area (Å²) in [6.45, 7) is 0.459. The Balaban J connectivity index is 1.57. The number of carbonyl (C=O) groups is 7. The fraction of sp³-hybridized carbons (Fsp3) is 0.324. The van der Waals surface area contributed by atoms with E-state index in [4.69, 9.17) is 17.9 Å². The van der Waals surface area contributed by atoms with Crippen LogP contribution in [0.15, 0.2) is 47.3 Å².